The Morgan fingerprint density at radius 2 is 1.88 bits per heavy atom. The van der Waals surface area contributed by atoms with E-state index in [2.05, 4.69) is 5.32 Å². The minimum absolute atomic E-state index is 0.0429. The molecule has 0 radical (unpaired) electrons. The van der Waals surface area contributed by atoms with Gasteiger partial charge in [0.25, 0.3) is 11.9 Å². The van der Waals surface area contributed by atoms with Gasteiger partial charge in [-0.15, -0.1) is 0 Å². The molecule has 3 heterocycles. The lowest BCUT2D eigenvalue weighted by Gasteiger charge is -2.38. The number of amides is 1. The zero-order valence-corrected chi connectivity index (χ0v) is 13.7. The largest absolute Gasteiger partial charge is 0.426 e. The molecule has 4 rings (SSSR count). The number of nitrogens with zero attached hydrogens (tertiary/aromatic N) is 1. The van der Waals surface area contributed by atoms with Crippen LogP contribution in [0.5, 0.6) is 11.7 Å². The number of benzene rings is 1. The van der Waals surface area contributed by atoms with E-state index in [4.69, 9.17) is 9.15 Å². The first-order chi connectivity index (χ1) is 11.7. The van der Waals surface area contributed by atoms with E-state index in [1.165, 1.54) is 6.42 Å². The maximum atomic E-state index is 12.6. The van der Waals surface area contributed by atoms with Crippen LogP contribution in [0.3, 0.4) is 0 Å². The van der Waals surface area contributed by atoms with Crippen molar-refractivity contribution in [1.82, 2.24) is 10.2 Å². The van der Waals surface area contributed by atoms with Gasteiger partial charge in [-0.25, -0.2) is 0 Å². The van der Waals surface area contributed by atoms with Crippen molar-refractivity contribution in [3.63, 3.8) is 0 Å². The Bertz CT molecular complexity index is 694. The molecule has 2 aromatic rings. The van der Waals surface area contributed by atoms with Gasteiger partial charge in [-0.1, -0.05) is 18.2 Å². The second kappa shape index (κ2) is 6.32. The first-order valence-corrected chi connectivity index (χ1v) is 8.57. The molecule has 1 N–H and O–H groups in total. The van der Waals surface area contributed by atoms with E-state index in [0.717, 1.165) is 39.0 Å². The molecule has 0 unspecified atom stereocenters. The third-order valence-corrected chi connectivity index (χ3v) is 5.20. The quantitative estimate of drug-likeness (QED) is 0.940. The number of piperidine rings is 1. The Hall–Kier alpha value is -2.27. The number of hydrogen-bond acceptors (Lipinski definition) is 4. The number of ether oxygens (including phenoxy) is 1. The lowest BCUT2D eigenvalue weighted by Crippen LogP contribution is -2.43. The SMILES string of the molecule is O=C(c1ccc(Oc2ccccc2)o1)N1CCC2(CCNC2)CC1. The number of carbonyl (C=O) groups excluding carboxylic acids is 1. The van der Waals surface area contributed by atoms with Gasteiger partial charge in [0.15, 0.2) is 5.76 Å². The van der Waals surface area contributed by atoms with Gasteiger partial charge in [0, 0.05) is 25.7 Å². The Kier molecular flexibility index (Phi) is 4.02. The molecule has 2 aliphatic heterocycles. The molecular weight excluding hydrogens is 304 g/mol. The van der Waals surface area contributed by atoms with Gasteiger partial charge in [0.1, 0.15) is 5.75 Å². The van der Waals surface area contributed by atoms with Crippen LogP contribution in [0, 0.1) is 5.41 Å². The molecule has 2 aliphatic rings. The van der Waals surface area contributed by atoms with Gasteiger partial charge in [-0.2, -0.15) is 0 Å². The molecule has 24 heavy (non-hydrogen) atoms. The number of carbonyl (C=O) groups is 1. The van der Waals surface area contributed by atoms with Crippen LogP contribution in [0.1, 0.15) is 29.8 Å². The summed E-state index contributed by atoms with van der Waals surface area (Å²) in [6, 6.07) is 12.8. The molecule has 0 atom stereocenters. The molecule has 2 saturated heterocycles. The lowest BCUT2D eigenvalue weighted by atomic mass is 9.78. The van der Waals surface area contributed by atoms with Crippen LogP contribution in [-0.2, 0) is 0 Å². The summed E-state index contributed by atoms with van der Waals surface area (Å²) in [5.74, 6) is 1.35. The molecule has 0 bridgehead atoms. The Balaban J connectivity index is 1.38. The fourth-order valence-corrected chi connectivity index (χ4v) is 3.66. The summed E-state index contributed by atoms with van der Waals surface area (Å²) < 4.78 is 11.2. The molecule has 1 spiro atoms. The van der Waals surface area contributed by atoms with Crippen molar-refractivity contribution in [3.8, 4) is 11.7 Å². The number of hydrogen-bond donors (Lipinski definition) is 1. The summed E-state index contributed by atoms with van der Waals surface area (Å²) in [6.45, 7) is 3.79. The highest BCUT2D eigenvalue weighted by atomic mass is 16.6. The molecule has 2 fully saturated rings. The Labute approximate surface area is 141 Å². The van der Waals surface area contributed by atoms with Crippen molar-refractivity contribution in [3.05, 3.63) is 48.2 Å². The summed E-state index contributed by atoms with van der Waals surface area (Å²) in [4.78, 5) is 14.5. The van der Waals surface area contributed by atoms with E-state index in [1.807, 2.05) is 35.2 Å². The third kappa shape index (κ3) is 3.04. The minimum Gasteiger partial charge on any atom is -0.426 e. The van der Waals surface area contributed by atoms with Gasteiger partial charge in [-0.3, -0.25) is 4.79 Å². The van der Waals surface area contributed by atoms with Crippen LogP contribution in [0.4, 0.5) is 0 Å². The molecule has 126 valence electrons. The normalized spacial score (nSPS) is 19.6. The zero-order valence-electron chi connectivity index (χ0n) is 13.7. The molecule has 1 aromatic carbocycles. The zero-order chi connectivity index (χ0) is 16.4. The highest BCUT2D eigenvalue weighted by Crippen LogP contribution is 2.37. The van der Waals surface area contributed by atoms with Crippen molar-refractivity contribution in [2.24, 2.45) is 5.41 Å². The molecule has 5 nitrogen and oxygen atoms in total. The summed E-state index contributed by atoms with van der Waals surface area (Å²) in [5.41, 5.74) is 0.404. The van der Waals surface area contributed by atoms with E-state index >= 15 is 0 Å². The van der Waals surface area contributed by atoms with Gasteiger partial charge in [-0.05, 0) is 49.4 Å². The number of para-hydroxylation sites is 1. The topological polar surface area (TPSA) is 54.7 Å². The van der Waals surface area contributed by atoms with Crippen molar-refractivity contribution in [2.45, 2.75) is 19.3 Å². The maximum absolute atomic E-state index is 12.6. The lowest BCUT2D eigenvalue weighted by molar-refractivity contribution is 0.0572. The van der Waals surface area contributed by atoms with E-state index in [-0.39, 0.29) is 5.91 Å². The fourth-order valence-electron chi connectivity index (χ4n) is 3.66. The summed E-state index contributed by atoms with van der Waals surface area (Å²) in [7, 11) is 0. The van der Waals surface area contributed by atoms with Crippen molar-refractivity contribution in [1.29, 1.82) is 0 Å². The standard InChI is InChI=1S/C19H22N2O3/c22-18(21-12-9-19(10-13-21)8-11-20-14-19)16-6-7-17(24-16)23-15-4-2-1-3-5-15/h1-7,20H,8-14H2. The first-order valence-electron chi connectivity index (χ1n) is 8.57. The van der Waals surface area contributed by atoms with Crippen LogP contribution in [0.25, 0.3) is 0 Å². The monoisotopic (exact) mass is 326 g/mol. The summed E-state index contributed by atoms with van der Waals surface area (Å²) >= 11 is 0. The van der Waals surface area contributed by atoms with E-state index in [0.29, 0.717) is 22.9 Å². The number of likely N-dealkylation sites (tertiary alicyclic amines) is 1. The van der Waals surface area contributed by atoms with E-state index in [9.17, 15) is 4.79 Å². The fraction of sp³-hybridized carbons (Fsp3) is 0.421. The third-order valence-electron chi connectivity index (χ3n) is 5.20. The molecule has 1 aromatic heterocycles. The second-order valence-electron chi connectivity index (χ2n) is 6.75. The average Bonchev–Trinajstić information content (AvgIpc) is 3.26. The smallest absolute Gasteiger partial charge is 0.290 e. The molecule has 5 heteroatoms. The van der Waals surface area contributed by atoms with Gasteiger partial charge in [0.2, 0.25) is 0 Å². The van der Waals surface area contributed by atoms with Gasteiger partial charge < -0.3 is 19.4 Å². The molecule has 0 saturated carbocycles. The molecular formula is C19H22N2O3. The highest BCUT2D eigenvalue weighted by Gasteiger charge is 2.38. The number of furan rings is 1. The Morgan fingerprint density at radius 1 is 1.08 bits per heavy atom. The van der Waals surface area contributed by atoms with Crippen LogP contribution >= 0.6 is 0 Å². The van der Waals surface area contributed by atoms with E-state index in [1.54, 1.807) is 12.1 Å². The van der Waals surface area contributed by atoms with Crippen molar-refractivity contribution in [2.75, 3.05) is 26.2 Å². The van der Waals surface area contributed by atoms with Crippen LogP contribution in [0.2, 0.25) is 0 Å². The Morgan fingerprint density at radius 3 is 2.58 bits per heavy atom. The summed E-state index contributed by atoms with van der Waals surface area (Å²) in [5, 5.41) is 3.45. The van der Waals surface area contributed by atoms with Crippen molar-refractivity contribution >= 4 is 5.91 Å². The van der Waals surface area contributed by atoms with Crippen molar-refractivity contribution < 1.29 is 13.9 Å². The summed E-state index contributed by atoms with van der Waals surface area (Å²) in [6.07, 6.45) is 3.37. The van der Waals surface area contributed by atoms with Crippen LogP contribution in [0.15, 0.2) is 46.9 Å². The predicted octanol–water partition coefficient (Wildman–Crippen LogP) is 3.29. The molecule has 1 amide bonds. The maximum Gasteiger partial charge on any atom is 0.290 e. The van der Waals surface area contributed by atoms with Gasteiger partial charge >= 0.3 is 0 Å². The van der Waals surface area contributed by atoms with Crippen LogP contribution in [-0.4, -0.2) is 37.0 Å². The average molecular weight is 326 g/mol. The highest BCUT2D eigenvalue weighted by molar-refractivity contribution is 5.91. The number of nitrogens with one attached hydrogen (secondary N) is 1. The molecule has 0 aliphatic carbocycles. The second-order valence-corrected chi connectivity index (χ2v) is 6.75. The van der Waals surface area contributed by atoms with E-state index < -0.39 is 0 Å². The first kappa shape index (κ1) is 15.3. The van der Waals surface area contributed by atoms with Gasteiger partial charge in [0.05, 0.1) is 0 Å². The number of rotatable bonds is 3. The predicted molar refractivity (Wildman–Crippen MR) is 90.3 cm³/mol. The van der Waals surface area contributed by atoms with Crippen LogP contribution < -0.4 is 10.1 Å². The minimum atomic E-state index is -0.0429.